The second kappa shape index (κ2) is 2.98. The lowest BCUT2D eigenvalue weighted by molar-refractivity contribution is 0.980. The molecular weight excluding hydrogens is 186 g/mol. The third kappa shape index (κ3) is 1.16. The largest absolute Gasteiger partial charge is 0.359 e. The van der Waals surface area contributed by atoms with E-state index in [1.807, 2.05) is 25.5 Å². The van der Waals surface area contributed by atoms with Crippen molar-refractivity contribution in [1.82, 2.24) is 14.5 Å². The predicted molar refractivity (Wildman–Crippen MR) is 60.2 cm³/mol. The smallest absolute Gasteiger partial charge is 0.110 e. The molecule has 0 radical (unpaired) electrons. The maximum atomic E-state index is 4.23. The average Bonchev–Trinajstić information content (AvgIpc) is 2.85. The van der Waals surface area contributed by atoms with Crippen LogP contribution in [0.1, 0.15) is 5.82 Å². The van der Waals surface area contributed by atoms with Crippen LogP contribution in [-0.2, 0) is 0 Å². The van der Waals surface area contributed by atoms with E-state index >= 15 is 0 Å². The van der Waals surface area contributed by atoms with E-state index in [-0.39, 0.29) is 0 Å². The Hall–Kier alpha value is -2.03. The quantitative estimate of drug-likeness (QED) is 0.639. The molecule has 0 unspecified atom stereocenters. The number of hydrogen-bond acceptors (Lipinski definition) is 1. The number of benzene rings is 1. The third-order valence-corrected chi connectivity index (χ3v) is 2.65. The van der Waals surface area contributed by atoms with Crippen LogP contribution in [0.2, 0.25) is 0 Å². The molecule has 0 aliphatic heterocycles. The fraction of sp³-hybridized carbons (Fsp3) is 0.0833. The SMILES string of the molecule is Cc1nccn1-c1cccc2cc[nH]c12. The molecule has 0 atom stereocenters. The van der Waals surface area contributed by atoms with Gasteiger partial charge in [-0.2, -0.15) is 0 Å². The van der Waals surface area contributed by atoms with Crippen LogP contribution >= 0.6 is 0 Å². The second-order valence-electron chi connectivity index (χ2n) is 3.56. The molecule has 0 spiro atoms. The summed E-state index contributed by atoms with van der Waals surface area (Å²) in [6.07, 6.45) is 5.75. The van der Waals surface area contributed by atoms with Gasteiger partial charge in [-0.05, 0) is 19.1 Å². The maximum absolute atomic E-state index is 4.23. The lowest BCUT2D eigenvalue weighted by atomic mass is 10.2. The van der Waals surface area contributed by atoms with Gasteiger partial charge in [0.1, 0.15) is 5.82 Å². The highest BCUT2D eigenvalue weighted by molar-refractivity contribution is 5.87. The fourth-order valence-electron chi connectivity index (χ4n) is 1.90. The van der Waals surface area contributed by atoms with E-state index in [0.717, 1.165) is 17.0 Å². The zero-order valence-corrected chi connectivity index (χ0v) is 8.44. The Kier molecular flexibility index (Phi) is 1.65. The summed E-state index contributed by atoms with van der Waals surface area (Å²) in [7, 11) is 0. The Morgan fingerprint density at radius 3 is 3.00 bits per heavy atom. The van der Waals surface area contributed by atoms with Gasteiger partial charge in [0.05, 0.1) is 11.2 Å². The molecule has 0 fully saturated rings. The molecule has 1 N–H and O–H groups in total. The van der Waals surface area contributed by atoms with Crippen molar-refractivity contribution < 1.29 is 0 Å². The van der Waals surface area contributed by atoms with Gasteiger partial charge in [0.15, 0.2) is 0 Å². The number of para-hydroxylation sites is 1. The normalized spacial score (nSPS) is 11.0. The number of hydrogen-bond donors (Lipinski definition) is 1. The molecule has 3 rings (SSSR count). The van der Waals surface area contributed by atoms with E-state index in [1.165, 1.54) is 5.39 Å². The van der Waals surface area contributed by atoms with Crippen LogP contribution in [0.4, 0.5) is 0 Å². The molecule has 1 aromatic carbocycles. The number of imidazole rings is 1. The van der Waals surface area contributed by atoms with Gasteiger partial charge >= 0.3 is 0 Å². The van der Waals surface area contributed by atoms with Crippen molar-refractivity contribution >= 4 is 10.9 Å². The summed E-state index contributed by atoms with van der Waals surface area (Å²) >= 11 is 0. The van der Waals surface area contributed by atoms with Crippen molar-refractivity contribution in [3.63, 3.8) is 0 Å². The van der Waals surface area contributed by atoms with Crippen molar-refractivity contribution in [3.05, 3.63) is 48.7 Å². The van der Waals surface area contributed by atoms with Gasteiger partial charge in [-0.3, -0.25) is 0 Å². The Bertz CT molecular complexity index is 604. The Labute approximate surface area is 87.4 Å². The van der Waals surface area contributed by atoms with Gasteiger partial charge in [0.25, 0.3) is 0 Å². The summed E-state index contributed by atoms with van der Waals surface area (Å²) in [5.41, 5.74) is 2.30. The van der Waals surface area contributed by atoms with E-state index in [4.69, 9.17) is 0 Å². The first-order valence-corrected chi connectivity index (χ1v) is 4.93. The van der Waals surface area contributed by atoms with E-state index in [0.29, 0.717) is 0 Å². The van der Waals surface area contributed by atoms with Crippen LogP contribution in [0.5, 0.6) is 0 Å². The molecular formula is C12H11N3. The highest BCUT2D eigenvalue weighted by Gasteiger charge is 2.05. The molecule has 2 heterocycles. The number of H-pyrrole nitrogens is 1. The van der Waals surface area contributed by atoms with E-state index in [1.54, 1.807) is 0 Å². The van der Waals surface area contributed by atoms with Crippen LogP contribution in [0.25, 0.3) is 16.6 Å². The van der Waals surface area contributed by atoms with Crippen LogP contribution in [0.15, 0.2) is 42.9 Å². The Morgan fingerprint density at radius 1 is 1.27 bits per heavy atom. The number of aryl methyl sites for hydroxylation is 1. The number of fused-ring (bicyclic) bond motifs is 1. The lowest BCUT2D eigenvalue weighted by Crippen LogP contribution is -1.96. The van der Waals surface area contributed by atoms with E-state index < -0.39 is 0 Å². The topological polar surface area (TPSA) is 33.6 Å². The fourth-order valence-corrected chi connectivity index (χ4v) is 1.90. The van der Waals surface area contributed by atoms with Crippen molar-refractivity contribution in [2.24, 2.45) is 0 Å². The molecule has 3 nitrogen and oxygen atoms in total. The molecule has 0 aliphatic carbocycles. The number of aromatic nitrogens is 3. The standard InChI is InChI=1S/C12H11N3/c1-9-13-7-8-15(9)11-4-2-3-10-5-6-14-12(10)11/h2-8,14H,1H3. The van der Waals surface area contributed by atoms with Gasteiger partial charge in [-0.1, -0.05) is 12.1 Å². The molecule has 15 heavy (non-hydrogen) atoms. The first-order chi connectivity index (χ1) is 7.36. The maximum Gasteiger partial charge on any atom is 0.110 e. The molecule has 3 heteroatoms. The van der Waals surface area contributed by atoms with Gasteiger partial charge in [0, 0.05) is 24.0 Å². The number of rotatable bonds is 1. The molecule has 3 aromatic rings. The monoisotopic (exact) mass is 197 g/mol. The summed E-state index contributed by atoms with van der Waals surface area (Å²) in [5, 5.41) is 1.22. The summed E-state index contributed by atoms with van der Waals surface area (Å²) in [6, 6.07) is 8.32. The summed E-state index contributed by atoms with van der Waals surface area (Å²) in [6.45, 7) is 2.00. The lowest BCUT2D eigenvalue weighted by Gasteiger charge is -2.06. The first-order valence-electron chi connectivity index (χ1n) is 4.93. The predicted octanol–water partition coefficient (Wildman–Crippen LogP) is 2.66. The van der Waals surface area contributed by atoms with Crippen molar-refractivity contribution in [2.75, 3.05) is 0 Å². The van der Waals surface area contributed by atoms with Gasteiger partial charge in [-0.25, -0.2) is 4.98 Å². The van der Waals surface area contributed by atoms with Crippen LogP contribution in [0.3, 0.4) is 0 Å². The molecule has 0 saturated carbocycles. The average molecular weight is 197 g/mol. The summed E-state index contributed by atoms with van der Waals surface area (Å²) in [5.74, 6) is 0.997. The molecule has 0 saturated heterocycles. The molecule has 74 valence electrons. The van der Waals surface area contributed by atoms with Crippen molar-refractivity contribution in [1.29, 1.82) is 0 Å². The minimum Gasteiger partial charge on any atom is -0.359 e. The highest BCUT2D eigenvalue weighted by atomic mass is 15.1. The van der Waals surface area contributed by atoms with E-state index in [9.17, 15) is 0 Å². The Morgan fingerprint density at radius 2 is 2.20 bits per heavy atom. The van der Waals surface area contributed by atoms with Crippen LogP contribution in [0, 0.1) is 6.92 Å². The molecule has 0 aliphatic rings. The minimum absolute atomic E-state index is 0.997. The van der Waals surface area contributed by atoms with Gasteiger partial charge in [0.2, 0.25) is 0 Å². The molecule has 2 aromatic heterocycles. The summed E-state index contributed by atoms with van der Waals surface area (Å²) in [4.78, 5) is 7.49. The van der Waals surface area contributed by atoms with Crippen molar-refractivity contribution in [2.45, 2.75) is 6.92 Å². The number of nitrogens with zero attached hydrogens (tertiary/aromatic N) is 2. The van der Waals surface area contributed by atoms with Gasteiger partial charge in [-0.15, -0.1) is 0 Å². The third-order valence-electron chi connectivity index (χ3n) is 2.65. The highest BCUT2D eigenvalue weighted by Crippen LogP contribution is 2.21. The van der Waals surface area contributed by atoms with Gasteiger partial charge < -0.3 is 9.55 Å². The van der Waals surface area contributed by atoms with Crippen molar-refractivity contribution in [3.8, 4) is 5.69 Å². The zero-order chi connectivity index (χ0) is 10.3. The molecule has 0 bridgehead atoms. The minimum atomic E-state index is 0.997. The first kappa shape index (κ1) is 8.29. The zero-order valence-electron chi connectivity index (χ0n) is 8.44. The van der Waals surface area contributed by atoms with E-state index in [2.05, 4.69) is 38.8 Å². The number of nitrogens with one attached hydrogen (secondary N) is 1. The molecule has 0 amide bonds. The Balaban J connectivity index is 2.36. The number of aromatic amines is 1. The van der Waals surface area contributed by atoms with Crippen LogP contribution in [-0.4, -0.2) is 14.5 Å². The van der Waals surface area contributed by atoms with Crippen LogP contribution < -0.4 is 0 Å². The summed E-state index contributed by atoms with van der Waals surface area (Å²) < 4.78 is 2.08. The second-order valence-corrected chi connectivity index (χ2v) is 3.56.